The standard InChI is InChI=1S/C15H18FNO4S/c1-22(19,20)10-15(5-6-15)9-13(18)17-7-8-21-12-4-2-3-11(16)14(12)17/h2-4H,5-10H2,1H3. The molecular weight excluding hydrogens is 309 g/mol. The Bertz CT molecular complexity index is 712. The quantitative estimate of drug-likeness (QED) is 0.845. The predicted molar refractivity (Wildman–Crippen MR) is 80.2 cm³/mol. The third-order valence-electron chi connectivity index (χ3n) is 4.14. The van der Waals surface area contributed by atoms with Crippen LogP contribution in [0, 0.1) is 11.2 Å². The molecule has 1 aliphatic carbocycles. The van der Waals surface area contributed by atoms with Gasteiger partial charge in [0.25, 0.3) is 0 Å². The fourth-order valence-corrected chi connectivity index (χ4v) is 4.51. The third kappa shape index (κ3) is 3.09. The number of hydrogen-bond donors (Lipinski definition) is 0. The smallest absolute Gasteiger partial charge is 0.227 e. The minimum Gasteiger partial charge on any atom is -0.489 e. The van der Waals surface area contributed by atoms with E-state index in [4.69, 9.17) is 4.74 Å². The van der Waals surface area contributed by atoms with Gasteiger partial charge in [0.05, 0.1) is 12.3 Å². The molecule has 0 saturated heterocycles. The van der Waals surface area contributed by atoms with E-state index in [0.717, 1.165) is 12.8 Å². The number of halogens is 1. The molecule has 2 aliphatic rings. The molecular formula is C15H18FNO4S. The second-order valence-electron chi connectivity index (χ2n) is 6.23. The molecule has 1 fully saturated rings. The summed E-state index contributed by atoms with van der Waals surface area (Å²) in [7, 11) is -3.13. The second kappa shape index (κ2) is 5.22. The zero-order chi connectivity index (χ0) is 16.0. The van der Waals surface area contributed by atoms with E-state index in [0.29, 0.717) is 12.4 Å². The SMILES string of the molecule is CS(=O)(=O)CC1(CC(=O)N2CCOc3cccc(F)c32)CC1. The summed E-state index contributed by atoms with van der Waals surface area (Å²) in [6.07, 6.45) is 2.76. The van der Waals surface area contributed by atoms with Crippen molar-refractivity contribution in [1.82, 2.24) is 0 Å². The van der Waals surface area contributed by atoms with Crippen LogP contribution in [0.4, 0.5) is 10.1 Å². The number of nitrogens with zero attached hydrogens (tertiary/aromatic N) is 1. The molecule has 0 N–H and O–H groups in total. The molecule has 3 rings (SSSR count). The number of rotatable bonds is 4. The maximum Gasteiger partial charge on any atom is 0.227 e. The number of anilines is 1. The highest BCUT2D eigenvalue weighted by Gasteiger charge is 2.47. The van der Waals surface area contributed by atoms with Gasteiger partial charge < -0.3 is 9.64 Å². The van der Waals surface area contributed by atoms with Gasteiger partial charge >= 0.3 is 0 Å². The van der Waals surface area contributed by atoms with Crippen molar-refractivity contribution in [3.05, 3.63) is 24.0 Å². The van der Waals surface area contributed by atoms with Gasteiger partial charge in [-0.3, -0.25) is 4.79 Å². The van der Waals surface area contributed by atoms with E-state index in [9.17, 15) is 17.6 Å². The molecule has 0 radical (unpaired) electrons. The average molecular weight is 327 g/mol. The Labute approximate surface area is 129 Å². The molecule has 1 amide bonds. The molecule has 1 aromatic rings. The zero-order valence-electron chi connectivity index (χ0n) is 12.3. The summed E-state index contributed by atoms with van der Waals surface area (Å²) in [5.74, 6) is -0.373. The third-order valence-corrected chi connectivity index (χ3v) is 5.28. The van der Waals surface area contributed by atoms with Crippen molar-refractivity contribution in [2.75, 3.05) is 30.1 Å². The van der Waals surface area contributed by atoms with Crippen molar-refractivity contribution in [1.29, 1.82) is 0 Å². The summed E-state index contributed by atoms with van der Waals surface area (Å²) in [4.78, 5) is 13.9. The van der Waals surface area contributed by atoms with Crippen LogP contribution in [0.5, 0.6) is 5.75 Å². The molecule has 0 bridgehead atoms. The van der Waals surface area contributed by atoms with Crippen LogP contribution in [0.15, 0.2) is 18.2 Å². The highest BCUT2D eigenvalue weighted by atomic mass is 32.2. The lowest BCUT2D eigenvalue weighted by atomic mass is 10.0. The Kier molecular flexibility index (Phi) is 3.63. The lowest BCUT2D eigenvalue weighted by Gasteiger charge is -2.31. The molecule has 0 aromatic heterocycles. The van der Waals surface area contributed by atoms with Crippen molar-refractivity contribution < 1.29 is 22.3 Å². The Morgan fingerprint density at radius 3 is 2.77 bits per heavy atom. The fraction of sp³-hybridized carbons (Fsp3) is 0.533. The number of benzene rings is 1. The first-order valence-corrected chi connectivity index (χ1v) is 9.25. The zero-order valence-corrected chi connectivity index (χ0v) is 13.2. The Hall–Kier alpha value is -1.63. The maximum absolute atomic E-state index is 14.0. The van der Waals surface area contributed by atoms with Crippen LogP contribution in [0.1, 0.15) is 19.3 Å². The van der Waals surface area contributed by atoms with Gasteiger partial charge in [-0.25, -0.2) is 12.8 Å². The Morgan fingerprint density at radius 2 is 2.14 bits per heavy atom. The number of para-hydroxylation sites is 1. The topological polar surface area (TPSA) is 63.7 Å². The minimum absolute atomic E-state index is 0.0141. The summed E-state index contributed by atoms with van der Waals surface area (Å²) in [6, 6.07) is 4.45. The predicted octanol–water partition coefficient (Wildman–Crippen LogP) is 1.77. The van der Waals surface area contributed by atoms with Gasteiger partial charge in [-0.2, -0.15) is 0 Å². The molecule has 0 unspecified atom stereocenters. The number of hydrogen-bond acceptors (Lipinski definition) is 4. The van der Waals surface area contributed by atoms with E-state index in [1.54, 1.807) is 6.07 Å². The molecule has 1 heterocycles. The molecule has 7 heteroatoms. The van der Waals surface area contributed by atoms with Gasteiger partial charge in [0.15, 0.2) is 5.82 Å². The minimum atomic E-state index is -3.13. The molecule has 5 nitrogen and oxygen atoms in total. The summed E-state index contributed by atoms with van der Waals surface area (Å²) < 4.78 is 42.4. The van der Waals surface area contributed by atoms with Gasteiger partial charge in [-0.15, -0.1) is 0 Å². The number of carbonyl (C=O) groups excluding carboxylic acids is 1. The first kappa shape index (κ1) is 15.3. The lowest BCUT2D eigenvalue weighted by Crippen LogP contribution is -2.40. The van der Waals surface area contributed by atoms with Gasteiger partial charge in [0.2, 0.25) is 5.91 Å². The van der Waals surface area contributed by atoms with Crippen molar-refractivity contribution >= 4 is 21.4 Å². The van der Waals surface area contributed by atoms with Crippen LogP contribution in [0.25, 0.3) is 0 Å². The van der Waals surface area contributed by atoms with E-state index < -0.39 is 21.1 Å². The van der Waals surface area contributed by atoms with Gasteiger partial charge in [0.1, 0.15) is 27.9 Å². The van der Waals surface area contributed by atoms with Crippen LogP contribution < -0.4 is 9.64 Å². The van der Waals surface area contributed by atoms with Crippen LogP contribution in [-0.4, -0.2) is 39.5 Å². The number of sulfone groups is 1. The van der Waals surface area contributed by atoms with Crippen LogP contribution in [-0.2, 0) is 14.6 Å². The first-order valence-electron chi connectivity index (χ1n) is 7.19. The van der Waals surface area contributed by atoms with Gasteiger partial charge in [0, 0.05) is 12.7 Å². The number of ether oxygens (including phenoxy) is 1. The first-order chi connectivity index (χ1) is 10.3. The van der Waals surface area contributed by atoms with Crippen molar-refractivity contribution in [3.63, 3.8) is 0 Å². The van der Waals surface area contributed by atoms with Crippen LogP contribution in [0.3, 0.4) is 0 Å². The van der Waals surface area contributed by atoms with Crippen LogP contribution >= 0.6 is 0 Å². The molecule has 0 spiro atoms. The van der Waals surface area contributed by atoms with Crippen LogP contribution in [0.2, 0.25) is 0 Å². The van der Waals surface area contributed by atoms with Gasteiger partial charge in [-0.1, -0.05) is 6.07 Å². The van der Waals surface area contributed by atoms with E-state index in [1.807, 2.05) is 0 Å². The summed E-state index contributed by atoms with van der Waals surface area (Å²) in [6.45, 7) is 0.586. The molecule has 0 atom stereocenters. The van der Waals surface area contributed by atoms with E-state index in [2.05, 4.69) is 0 Å². The van der Waals surface area contributed by atoms with E-state index >= 15 is 0 Å². The maximum atomic E-state index is 14.0. The number of fused-ring (bicyclic) bond motifs is 1. The molecule has 1 aromatic carbocycles. The molecule has 120 valence electrons. The molecule has 1 saturated carbocycles. The van der Waals surface area contributed by atoms with Gasteiger partial charge in [-0.05, 0) is 30.4 Å². The fourth-order valence-electron chi connectivity index (χ4n) is 3.00. The summed E-state index contributed by atoms with van der Waals surface area (Å²) in [5.41, 5.74) is -0.303. The monoisotopic (exact) mass is 327 g/mol. The molecule has 1 aliphatic heterocycles. The summed E-state index contributed by atoms with van der Waals surface area (Å²) >= 11 is 0. The number of amides is 1. The normalized spacial score (nSPS) is 19.3. The average Bonchev–Trinajstić information content (AvgIpc) is 3.15. The highest BCUT2D eigenvalue weighted by molar-refractivity contribution is 7.90. The van der Waals surface area contributed by atoms with Crippen molar-refractivity contribution in [2.24, 2.45) is 5.41 Å². The number of carbonyl (C=O) groups is 1. The van der Waals surface area contributed by atoms with Crippen molar-refractivity contribution in [3.8, 4) is 5.75 Å². The largest absolute Gasteiger partial charge is 0.489 e. The summed E-state index contributed by atoms with van der Waals surface area (Å²) in [5, 5.41) is 0. The highest BCUT2D eigenvalue weighted by Crippen LogP contribution is 2.50. The molecule has 22 heavy (non-hydrogen) atoms. The Balaban J connectivity index is 1.80. The Morgan fingerprint density at radius 1 is 1.41 bits per heavy atom. The lowest BCUT2D eigenvalue weighted by molar-refractivity contribution is -0.119. The second-order valence-corrected chi connectivity index (χ2v) is 8.37. The van der Waals surface area contributed by atoms with Crippen molar-refractivity contribution in [2.45, 2.75) is 19.3 Å². The van der Waals surface area contributed by atoms with E-state index in [1.165, 1.54) is 23.3 Å². The van der Waals surface area contributed by atoms with E-state index in [-0.39, 0.29) is 30.3 Å².